The molecule has 1 atom stereocenters. The lowest BCUT2D eigenvalue weighted by atomic mass is 10.00. The first-order valence-corrected chi connectivity index (χ1v) is 12.7. The zero-order valence-electron chi connectivity index (χ0n) is 22.2. The van der Waals surface area contributed by atoms with E-state index in [-0.39, 0.29) is 29.7 Å². The fraction of sp³-hybridized carbons (Fsp3) is 0.172. The molecule has 0 spiro atoms. The van der Waals surface area contributed by atoms with Crippen molar-refractivity contribution in [2.45, 2.75) is 25.5 Å². The lowest BCUT2D eigenvalue weighted by molar-refractivity contribution is 0.0684. The lowest BCUT2D eigenvalue weighted by Crippen LogP contribution is -2.42. The fourth-order valence-electron chi connectivity index (χ4n) is 4.21. The highest BCUT2D eigenvalue weighted by Crippen LogP contribution is 2.37. The highest BCUT2D eigenvalue weighted by Gasteiger charge is 2.39. The summed E-state index contributed by atoms with van der Waals surface area (Å²) in [4.78, 5) is 50.6. The number of aliphatic hydroxyl groups is 1. The van der Waals surface area contributed by atoms with Crippen LogP contribution in [-0.4, -0.2) is 49.9 Å². The molecule has 4 aromatic rings. The molecule has 0 radical (unpaired) electrons. The van der Waals surface area contributed by atoms with Gasteiger partial charge in [-0.15, -0.1) is 0 Å². The first-order chi connectivity index (χ1) is 19.7. The minimum absolute atomic E-state index is 0.0181. The van der Waals surface area contributed by atoms with Gasteiger partial charge in [0.25, 0.3) is 11.8 Å². The summed E-state index contributed by atoms with van der Waals surface area (Å²) >= 11 is 0. The van der Waals surface area contributed by atoms with Crippen molar-refractivity contribution in [3.05, 3.63) is 102 Å². The number of hydrogen-bond acceptors (Lipinski definition) is 10. The van der Waals surface area contributed by atoms with Gasteiger partial charge in [0.05, 0.1) is 18.2 Å². The summed E-state index contributed by atoms with van der Waals surface area (Å²) in [6, 6.07) is 16.6. The standard InChI is InChI=1S/C29H27N7O5/c1-29(2)24(38)20-9-8-19(14-23(20)41-29)32-28-31-15-21(27(40)36-35-26(39)18-10-12-30-13-11-18)25(34-28)33-22(16-37)17-6-4-3-5-7-17/h3-15,22,37H,16H2,1-2H3,(H,35,39)(H,36,40)(H2,31,32,33,34)/t22-/m1/s1. The highest BCUT2D eigenvalue weighted by atomic mass is 16.5. The molecule has 208 valence electrons. The van der Waals surface area contributed by atoms with E-state index in [1.54, 1.807) is 32.0 Å². The maximum Gasteiger partial charge on any atom is 0.275 e. The fourth-order valence-corrected chi connectivity index (χ4v) is 4.21. The molecule has 12 nitrogen and oxygen atoms in total. The molecule has 5 N–H and O–H groups in total. The Hall–Kier alpha value is -5.36. The average Bonchev–Trinajstić information content (AvgIpc) is 3.22. The molecule has 0 saturated heterocycles. The van der Waals surface area contributed by atoms with Crippen molar-refractivity contribution in [1.82, 2.24) is 25.8 Å². The lowest BCUT2D eigenvalue weighted by Gasteiger charge is -2.20. The van der Waals surface area contributed by atoms with Crippen LogP contribution >= 0.6 is 0 Å². The molecule has 0 aliphatic carbocycles. The van der Waals surface area contributed by atoms with E-state index in [1.807, 2.05) is 30.3 Å². The molecule has 2 amide bonds. The number of hydrazine groups is 1. The van der Waals surface area contributed by atoms with Gasteiger partial charge in [-0.1, -0.05) is 30.3 Å². The molecule has 41 heavy (non-hydrogen) atoms. The number of carbonyl (C=O) groups excluding carboxylic acids is 3. The molecular formula is C29H27N7O5. The summed E-state index contributed by atoms with van der Waals surface area (Å²) in [7, 11) is 0. The van der Waals surface area contributed by atoms with E-state index >= 15 is 0 Å². The van der Waals surface area contributed by atoms with Crippen LogP contribution in [0.1, 0.15) is 56.5 Å². The number of fused-ring (bicyclic) bond motifs is 1. The number of Topliss-reactive ketones (excluding diaryl/α,β-unsaturated/α-hetero) is 1. The number of aliphatic hydroxyl groups excluding tert-OH is 1. The van der Waals surface area contributed by atoms with Gasteiger partial charge in [0.15, 0.2) is 5.60 Å². The second-order valence-electron chi connectivity index (χ2n) is 9.67. The third kappa shape index (κ3) is 5.97. The number of rotatable bonds is 8. The Bertz CT molecular complexity index is 1600. The van der Waals surface area contributed by atoms with Crippen molar-refractivity contribution in [3.8, 4) is 5.75 Å². The van der Waals surface area contributed by atoms with Gasteiger partial charge in [-0.3, -0.25) is 30.2 Å². The van der Waals surface area contributed by atoms with Crippen molar-refractivity contribution in [2.24, 2.45) is 0 Å². The number of hydrogen-bond donors (Lipinski definition) is 5. The number of amides is 2. The van der Waals surface area contributed by atoms with E-state index in [0.29, 0.717) is 22.6 Å². The van der Waals surface area contributed by atoms with Crippen molar-refractivity contribution in [3.63, 3.8) is 0 Å². The first kappa shape index (κ1) is 27.2. The van der Waals surface area contributed by atoms with Crippen LogP contribution in [0.2, 0.25) is 0 Å². The molecule has 1 aliphatic heterocycles. The largest absolute Gasteiger partial charge is 0.479 e. The molecule has 0 bridgehead atoms. The first-order valence-electron chi connectivity index (χ1n) is 12.7. The number of anilines is 3. The summed E-state index contributed by atoms with van der Waals surface area (Å²) in [6.45, 7) is 3.12. The highest BCUT2D eigenvalue weighted by molar-refractivity contribution is 6.07. The number of pyridine rings is 1. The zero-order valence-corrected chi connectivity index (χ0v) is 22.2. The van der Waals surface area contributed by atoms with E-state index in [2.05, 4.69) is 36.4 Å². The van der Waals surface area contributed by atoms with Crippen molar-refractivity contribution in [2.75, 3.05) is 17.2 Å². The van der Waals surface area contributed by atoms with Crippen LogP contribution in [0.15, 0.2) is 79.3 Å². The molecule has 2 aromatic carbocycles. The van der Waals surface area contributed by atoms with Crippen molar-refractivity contribution < 1.29 is 24.2 Å². The maximum absolute atomic E-state index is 13.1. The minimum atomic E-state index is -0.951. The average molecular weight is 554 g/mol. The van der Waals surface area contributed by atoms with E-state index < -0.39 is 23.5 Å². The molecule has 0 saturated carbocycles. The monoisotopic (exact) mass is 553 g/mol. The molecule has 2 aromatic heterocycles. The normalized spacial score (nSPS) is 13.9. The van der Waals surface area contributed by atoms with Crippen LogP contribution < -0.4 is 26.2 Å². The summed E-state index contributed by atoms with van der Waals surface area (Å²) < 4.78 is 5.79. The molecule has 1 aliphatic rings. The van der Waals surface area contributed by atoms with E-state index in [9.17, 15) is 19.5 Å². The van der Waals surface area contributed by atoms with Crippen molar-refractivity contribution >= 4 is 35.1 Å². The van der Waals surface area contributed by atoms with Gasteiger partial charge in [-0.05, 0) is 43.7 Å². The Kier molecular flexibility index (Phi) is 7.57. The number of carbonyl (C=O) groups is 3. The Balaban J connectivity index is 1.40. The predicted molar refractivity (Wildman–Crippen MR) is 150 cm³/mol. The quantitative estimate of drug-likeness (QED) is 0.204. The van der Waals surface area contributed by atoms with Gasteiger partial charge in [0.2, 0.25) is 11.7 Å². The number of benzene rings is 2. The number of nitrogens with one attached hydrogen (secondary N) is 4. The predicted octanol–water partition coefficient (Wildman–Crippen LogP) is 3.19. The van der Waals surface area contributed by atoms with Gasteiger partial charge in [-0.2, -0.15) is 4.98 Å². The van der Waals surface area contributed by atoms with E-state index in [0.717, 1.165) is 5.56 Å². The minimum Gasteiger partial charge on any atom is -0.479 e. The Morgan fingerprint density at radius 3 is 2.46 bits per heavy atom. The summed E-state index contributed by atoms with van der Waals surface area (Å²) in [5.41, 5.74) is 5.91. The number of ether oxygens (including phenoxy) is 1. The van der Waals surface area contributed by atoms with Crippen molar-refractivity contribution in [1.29, 1.82) is 0 Å². The van der Waals surface area contributed by atoms with Crippen LogP contribution in [0.4, 0.5) is 17.5 Å². The van der Waals surface area contributed by atoms with E-state index in [4.69, 9.17) is 4.74 Å². The topological polar surface area (TPSA) is 167 Å². The van der Waals surface area contributed by atoms with Gasteiger partial charge in [0, 0.05) is 35.9 Å². The molecule has 12 heteroatoms. The van der Waals surface area contributed by atoms with Crippen LogP contribution in [-0.2, 0) is 0 Å². The Morgan fingerprint density at radius 1 is 1.00 bits per heavy atom. The van der Waals surface area contributed by atoms with Crippen LogP contribution in [0, 0.1) is 0 Å². The Morgan fingerprint density at radius 2 is 1.73 bits per heavy atom. The van der Waals surface area contributed by atoms with Gasteiger partial charge >= 0.3 is 0 Å². The van der Waals surface area contributed by atoms with Gasteiger partial charge in [-0.25, -0.2) is 4.98 Å². The molecule has 5 rings (SSSR count). The summed E-state index contributed by atoms with van der Waals surface area (Å²) in [5.74, 6) is -0.642. The zero-order chi connectivity index (χ0) is 29.0. The number of nitrogens with zero attached hydrogens (tertiary/aromatic N) is 3. The molecule has 0 fully saturated rings. The van der Waals surface area contributed by atoms with Crippen LogP contribution in [0.5, 0.6) is 5.75 Å². The smallest absolute Gasteiger partial charge is 0.275 e. The second kappa shape index (κ2) is 11.4. The SMILES string of the molecule is CC1(C)Oc2cc(Nc3ncc(C(=O)NNC(=O)c4ccncc4)c(N[C@H](CO)c4ccccc4)n3)ccc2C1=O. The maximum atomic E-state index is 13.1. The number of aromatic nitrogens is 3. The van der Waals surface area contributed by atoms with E-state index in [1.165, 1.54) is 30.7 Å². The van der Waals surface area contributed by atoms with Gasteiger partial charge < -0.3 is 20.5 Å². The summed E-state index contributed by atoms with van der Waals surface area (Å²) in [5, 5.41) is 16.3. The molecular weight excluding hydrogens is 526 g/mol. The number of ketones is 1. The third-order valence-corrected chi connectivity index (χ3v) is 6.36. The molecule has 3 heterocycles. The van der Waals surface area contributed by atoms with Gasteiger partial charge in [0.1, 0.15) is 17.1 Å². The summed E-state index contributed by atoms with van der Waals surface area (Å²) in [6.07, 6.45) is 4.22. The second-order valence-corrected chi connectivity index (χ2v) is 9.67. The van der Waals surface area contributed by atoms with Crippen LogP contribution in [0.25, 0.3) is 0 Å². The Labute approximate surface area is 235 Å². The van der Waals surface area contributed by atoms with Crippen LogP contribution in [0.3, 0.4) is 0 Å². The molecule has 0 unspecified atom stereocenters. The third-order valence-electron chi connectivity index (χ3n) is 6.36.